The molecule has 0 fully saturated rings. The zero-order valence-electron chi connectivity index (χ0n) is 13.8. The van der Waals surface area contributed by atoms with Gasteiger partial charge in [0.05, 0.1) is 5.69 Å². The van der Waals surface area contributed by atoms with Crippen LogP contribution in [0.1, 0.15) is 49.1 Å². The van der Waals surface area contributed by atoms with E-state index in [2.05, 4.69) is 53.9 Å². The zero-order chi connectivity index (χ0) is 15.4. The van der Waals surface area contributed by atoms with Gasteiger partial charge in [0.1, 0.15) is 5.82 Å². The van der Waals surface area contributed by atoms with Gasteiger partial charge in [0.25, 0.3) is 0 Å². The molecule has 0 amide bonds. The summed E-state index contributed by atoms with van der Waals surface area (Å²) in [6.45, 7) is 10.5. The van der Waals surface area contributed by atoms with Gasteiger partial charge in [-0.25, -0.2) is 4.98 Å². The van der Waals surface area contributed by atoms with E-state index in [4.69, 9.17) is 0 Å². The minimum Gasteiger partial charge on any atom is -0.335 e. The lowest BCUT2D eigenvalue weighted by molar-refractivity contribution is 0.512. The van der Waals surface area contributed by atoms with Crippen molar-refractivity contribution in [1.29, 1.82) is 0 Å². The molecule has 1 N–H and O–H groups in total. The Kier molecular flexibility index (Phi) is 5.17. The summed E-state index contributed by atoms with van der Waals surface area (Å²) in [6.07, 6.45) is 6.00. The third kappa shape index (κ3) is 3.35. The molecular weight excluding hydrogens is 262 g/mol. The molecule has 0 saturated carbocycles. The summed E-state index contributed by atoms with van der Waals surface area (Å²) in [5.74, 6) is 1.14. The maximum absolute atomic E-state index is 4.55. The first-order valence-corrected chi connectivity index (χ1v) is 7.81. The van der Waals surface area contributed by atoms with E-state index in [0.29, 0.717) is 0 Å². The largest absolute Gasteiger partial charge is 0.335 e. The van der Waals surface area contributed by atoms with Crippen molar-refractivity contribution in [3.63, 3.8) is 0 Å². The Morgan fingerprint density at radius 2 is 2.05 bits per heavy atom. The van der Waals surface area contributed by atoms with Gasteiger partial charge in [0, 0.05) is 49.7 Å². The number of aromatic nitrogens is 4. The lowest BCUT2D eigenvalue weighted by Gasteiger charge is -2.19. The minimum atomic E-state index is 0.265. The first-order chi connectivity index (χ1) is 10.1. The molecule has 0 aliphatic heterocycles. The Hall–Kier alpha value is -1.62. The number of likely N-dealkylation sites (N-methyl/N-ethyl adjacent to an activating group) is 1. The number of nitrogens with one attached hydrogen (secondary N) is 1. The number of hydrogen-bond acceptors (Lipinski definition) is 3. The van der Waals surface area contributed by atoms with Crippen LogP contribution in [0.5, 0.6) is 0 Å². The summed E-state index contributed by atoms with van der Waals surface area (Å²) in [5.41, 5.74) is 3.65. The fourth-order valence-corrected chi connectivity index (χ4v) is 2.97. The molecular formula is C16H27N5. The van der Waals surface area contributed by atoms with Crippen molar-refractivity contribution in [2.45, 2.75) is 53.1 Å². The summed E-state index contributed by atoms with van der Waals surface area (Å²) >= 11 is 0. The van der Waals surface area contributed by atoms with Gasteiger partial charge in [-0.2, -0.15) is 5.10 Å². The second kappa shape index (κ2) is 6.89. The van der Waals surface area contributed by atoms with Crippen molar-refractivity contribution in [2.24, 2.45) is 7.05 Å². The van der Waals surface area contributed by atoms with Crippen molar-refractivity contribution >= 4 is 0 Å². The van der Waals surface area contributed by atoms with Crippen LogP contribution in [0.4, 0.5) is 0 Å². The molecule has 0 aliphatic carbocycles. The maximum Gasteiger partial charge on any atom is 0.110 e. The van der Waals surface area contributed by atoms with E-state index < -0.39 is 0 Å². The van der Waals surface area contributed by atoms with Crippen molar-refractivity contribution in [1.82, 2.24) is 24.6 Å². The molecule has 2 aromatic rings. The van der Waals surface area contributed by atoms with E-state index in [9.17, 15) is 0 Å². The molecule has 5 heteroatoms. The van der Waals surface area contributed by atoms with E-state index in [1.807, 2.05) is 17.9 Å². The van der Waals surface area contributed by atoms with Crippen LogP contribution < -0.4 is 5.32 Å². The highest BCUT2D eigenvalue weighted by Gasteiger charge is 2.21. The topological polar surface area (TPSA) is 47.7 Å². The van der Waals surface area contributed by atoms with E-state index in [1.54, 1.807) is 0 Å². The molecule has 2 aromatic heterocycles. The molecule has 2 heterocycles. The zero-order valence-corrected chi connectivity index (χ0v) is 13.8. The van der Waals surface area contributed by atoms with Crippen LogP contribution in [-0.2, 0) is 20.0 Å². The Morgan fingerprint density at radius 1 is 1.29 bits per heavy atom. The molecule has 5 nitrogen and oxygen atoms in total. The summed E-state index contributed by atoms with van der Waals surface area (Å²) in [5, 5.41) is 8.15. The van der Waals surface area contributed by atoms with Crippen LogP contribution in [0.25, 0.3) is 0 Å². The van der Waals surface area contributed by atoms with Gasteiger partial charge >= 0.3 is 0 Å². The molecule has 0 aliphatic rings. The molecule has 0 aromatic carbocycles. The Bertz CT molecular complexity index is 582. The standard InChI is InChI=1S/C16H27N5/c1-6-9-21-10-8-18-15(21)11-14(17-7-2)16-12(3)19-20(5)13(16)4/h8,10,14,17H,6-7,9,11H2,1-5H3. The third-order valence-electron chi connectivity index (χ3n) is 4.02. The summed E-state index contributed by atoms with van der Waals surface area (Å²) in [7, 11) is 2.01. The Labute approximate surface area is 127 Å². The SMILES string of the molecule is CCCn1ccnc1CC(NCC)c1c(C)nn(C)c1C. The number of nitrogens with zero attached hydrogens (tertiary/aromatic N) is 4. The maximum atomic E-state index is 4.55. The van der Waals surface area contributed by atoms with Gasteiger partial charge < -0.3 is 9.88 Å². The highest BCUT2D eigenvalue weighted by atomic mass is 15.3. The minimum absolute atomic E-state index is 0.265. The average molecular weight is 289 g/mol. The summed E-state index contributed by atoms with van der Waals surface area (Å²) in [4.78, 5) is 4.54. The van der Waals surface area contributed by atoms with E-state index in [0.717, 1.165) is 37.4 Å². The normalized spacial score (nSPS) is 12.8. The Balaban J connectivity index is 2.29. The lowest BCUT2D eigenvalue weighted by Crippen LogP contribution is -2.25. The monoisotopic (exact) mass is 289 g/mol. The first-order valence-electron chi connectivity index (χ1n) is 7.81. The molecule has 0 spiro atoms. The quantitative estimate of drug-likeness (QED) is 0.852. The second-order valence-corrected chi connectivity index (χ2v) is 5.56. The third-order valence-corrected chi connectivity index (χ3v) is 4.02. The van der Waals surface area contributed by atoms with Crippen molar-refractivity contribution in [2.75, 3.05) is 6.54 Å². The Morgan fingerprint density at radius 3 is 2.62 bits per heavy atom. The summed E-state index contributed by atoms with van der Waals surface area (Å²) in [6, 6.07) is 0.265. The molecule has 0 saturated heterocycles. The molecule has 1 unspecified atom stereocenters. The molecule has 0 radical (unpaired) electrons. The van der Waals surface area contributed by atoms with Crippen LogP contribution in [0.15, 0.2) is 12.4 Å². The predicted octanol–water partition coefficient (Wildman–Crippen LogP) is 2.54. The van der Waals surface area contributed by atoms with Gasteiger partial charge in [0.15, 0.2) is 0 Å². The van der Waals surface area contributed by atoms with Crippen molar-refractivity contribution < 1.29 is 0 Å². The highest BCUT2D eigenvalue weighted by Crippen LogP contribution is 2.24. The van der Waals surface area contributed by atoms with Crippen LogP contribution in [0.3, 0.4) is 0 Å². The van der Waals surface area contributed by atoms with Crippen molar-refractivity contribution in [3.05, 3.63) is 35.2 Å². The van der Waals surface area contributed by atoms with Gasteiger partial charge in [-0.15, -0.1) is 0 Å². The van der Waals surface area contributed by atoms with E-state index in [1.165, 1.54) is 11.3 Å². The van der Waals surface area contributed by atoms with Gasteiger partial charge in [-0.3, -0.25) is 4.68 Å². The van der Waals surface area contributed by atoms with Gasteiger partial charge in [-0.1, -0.05) is 13.8 Å². The number of aryl methyl sites for hydroxylation is 3. The number of imidazole rings is 1. The summed E-state index contributed by atoms with van der Waals surface area (Å²) < 4.78 is 4.22. The smallest absolute Gasteiger partial charge is 0.110 e. The van der Waals surface area contributed by atoms with Crippen LogP contribution >= 0.6 is 0 Å². The van der Waals surface area contributed by atoms with Crippen LogP contribution in [0.2, 0.25) is 0 Å². The first kappa shape index (κ1) is 15.8. The highest BCUT2D eigenvalue weighted by molar-refractivity contribution is 5.29. The molecule has 21 heavy (non-hydrogen) atoms. The number of hydrogen-bond donors (Lipinski definition) is 1. The molecule has 1 atom stereocenters. The lowest BCUT2D eigenvalue weighted by atomic mass is 10.0. The average Bonchev–Trinajstić information content (AvgIpc) is 2.96. The van der Waals surface area contributed by atoms with Crippen LogP contribution in [-0.4, -0.2) is 25.9 Å². The van der Waals surface area contributed by atoms with Gasteiger partial charge in [0.2, 0.25) is 0 Å². The van der Waals surface area contributed by atoms with Crippen molar-refractivity contribution in [3.8, 4) is 0 Å². The van der Waals surface area contributed by atoms with Crippen LogP contribution in [0, 0.1) is 13.8 Å². The molecule has 116 valence electrons. The number of rotatable bonds is 7. The van der Waals surface area contributed by atoms with E-state index in [-0.39, 0.29) is 6.04 Å². The fraction of sp³-hybridized carbons (Fsp3) is 0.625. The second-order valence-electron chi connectivity index (χ2n) is 5.56. The molecule has 0 bridgehead atoms. The fourth-order valence-electron chi connectivity index (χ4n) is 2.97. The molecule has 2 rings (SSSR count). The predicted molar refractivity (Wildman–Crippen MR) is 85.3 cm³/mol. The van der Waals surface area contributed by atoms with Gasteiger partial charge in [-0.05, 0) is 26.8 Å². The van der Waals surface area contributed by atoms with E-state index >= 15 is 0 Å².